The van der Waals surface area contributed by atoms with E-state index in [9.17, 15) is 9.59 Å². The number of aromatic nitrogens is 1. The molecule has 3 aromatic rings. The van der Waals surface area contributed by atoms with Crippen molar-refractivity contribution in [2.75, 3.05) is 20.2 Å². The number of hydrogen-bond acceptors (Lipinski definition) is 4. The Bertz CT molecular complexity index is 1280. The summed E-state index contributed by atoms with van der Waals surface area (Å²) in [7, 11) is 1.66. The lowest BCUT2D eigenvalue weighted by Crippen LogP contribution is -2.44. The lowest BCUT2D eigenvalue weighted by Gasteiger charge is -2.33. The van der Waals surface area contributed by atoms with Gasteiger partial charge in [0.2, 0.25) is 5.91 Å². The standard InChI is InChI=1S/C28H29N3O3/c1-34-21-13-11-18(12-14-21)16-19-6-4-9-23-25(22-8-2-3-10-24(22)30-26(19)23)28(33)31-15-5-7-20(17-31)27(29)32/h2-3,8,10-14,16,20H,4-7,9,15,17H2,1H3,(H2,29,32). The highest BCUT2D eigenvalue weighted by Crippen LogP contribution is 2.37. The van der Waals surface area contributed by atoms with Crippen LogP contribution in [0.25, 0.3) is 22.6 Å². The number of likely N-dealkylation sites (tertiary alicyclic amines) is 1. The van der Waals surface area contributed by atoms with Crippen molar-refractivity contribution in [3.63, 3.8) is 0 Å². The molecule has 174 valence electrons. The summed E-state index contributed by atoms with van der Waals surface area (Å²) < 4.78 is 5.28. The van der Waals surface area contributed by atoms with Gasteiger partial charge in [-0.15, -0.1) is 0 Å². The van der Waals surface area contributed by atoms with E-state index in [1.165, 1.54) is 0 Å². The van der Waals surface area contributed by atoms with Crippen LogP contribution in [0.3, 0.4) is 0 Å². The lowest BCUT2D eigenvalue weighted by molar-refractivity contribution is -0.123. The molecule has 2 heterocycles. The smallest absolute Gasteiger partial charge is 0.254 e. The number of nitrogens with zero attached hydrogens (tertiary/aromatic N) is 2. The van der Waals surface area contributed by atoms with Crippen LogP contribution in [0.4, 0.5) is 0 Å². The maximum Gasteiger partial charge on any atom is 0.254 e. The highest BCUT2D eigenvalue weighted by atomic mass is 16.5. The molecule has 0 spiro atoms. The van der Waals surface area contributed by atoms with E-state index in [4.69, 9.17) is 15.5 Å². The molecule has 5 rings (SSSR count). The zero-order chi connectivity index (χ0) is 23.7. The van der Waals surface area contributed by atoms with Gasteiger partial charge in [0.15, 0.2) is 0 Å². The average molecular weight is 456 g/mol. The SMILES string of the molecule is COc1ccc(C=C2CCCc3c2nc2ccccc2c3C(=O)N2CCCC(C(N)=O)C2)cc1. The van der Waals surface area contributed by atoms with Gasteiger partial charge in [0.25, 0.3) is 5.91 Å². The predicted molar refractivity (Wildman–Crippen MR) is 133 cm³/mol. The minimum absolute atomic E-state index is 0.0218. The Balaban J connectivity index is 1.61. The van der Waals surface area contributed by atoms with Crippen molar-refractivity contribution in [2.45, 2.75) is 32.1 Å². The van der Waals surface area contributed by atoms with Gasteiger partial charge in [0.1, 0.15) is 5.75 Å². The van der Waals surface area contributed by atoms with Crippen LogP contribution < -0.4 is 10.5 Å². The molecule has 6 heteroatoms. The molecular weight excluding hydrogens is 426 g/mol. The van der Waals surface area contributed by atoms with Gasteiger partial charge in [-0.3, -0.25) is 9.59 Å². The van der Waals surface area contributed by atoms with Crippen LogP contribution in [0.2, 0.25) is 0 Å². The molecule has 2 aliphatic rings. The van der Waals surface area contributed by atoms with Crippen molar-refractivity contribution >= 4 is 34.4 Å². The number of fused-ring (bicyclic) bond motifs is 2. The maximum absolute atomic E-state index is 13.9. The molecule has 0 bridgehead atoms. The van der Waals surface area contributed by atoms with Crippen molar-refractivity contribution < 1.29 is 14.3 Å². The van der Waals surface area contributed by atoms with E-state index in [-0.39, 0.29) is 17.7 Å². The second-order valence-corrected chi connectivity index (χ2v) is 9.12. The van der Waals surface area contributed by atoms with Crippen LogP contribution in [0.15, 0.2) is 48.5 Å². The molecule has 1 aromatic heterocycles. The van der Waals surface area contributed by atoms with Gasteiger partial charge in [0.05, 0.1) is 29.8 Å². The number of piperidine rings is 1. The van der Waals surface area contributed by atoms with Crippen LogP contribution in [-0.2, 0) is 11.2 Å². The van der Waals surface area contributed by atoms with Gasteiger partial charge in [0, 0.05) is 18.5 Å². The largest absolute Gasteiger partial charge is 0.497 e. The number of carbonyl (C=O) groups is 2. The van der Waals surface area contributed by atoms with Gasteiger partial charge in [-0.25, -0.2) is 4.98 Å². The first-order valence-corrected chi connectivity index (χ1v) is 11.9. The van der Waals surface area contributed by atoms with Gasteiger partial charge in [-0.2, -0.15) is 0 Å². The topological polar surface area (TPSA) is 85.5 Å². The summed E-state index contributed by atoms with van der Waals surface area (Å²) in [6.07, 6.45) is 6.36. The summed E-state index contributed by atoms with van der Waals surface area (Å²) in [6.45, 7) is 1.02. The van der Waals surface area contributed by atoms with Crippen molar-refractivity contribution in [2.24, 2.45) is 11.7 Å². The normalized spacial score (nSPS) is 19.1. The highest BCUT2D eigenvalue weighted by molar-refractivity contribution is 6.09. The van der Waals surface area contributed by atoms with Crippen molar-refractivity contribution in [3.8, 4) is 5.75 Å². The summed E-state index contributed by atoms with van der Waals surface area (Å²) in [4.78, 5) is 32.6. The number of benzene rings is 2. The number of carbonyl (C=O) groups excluding carboxylic acids is 2. The van der Waals surface area contributed by atoms with Gasteiger partial charge < -0.3 is 15.4 Å². The molecule has 1 saturated heterocycles. The van der Waals surface area contributed by atoms with Crippen LogP contribution in [0, 0.1) is 5.92 Å². The Labute approximate surface area is 199 Å². The van der Waals surface area contributed by atoms with E-state index in [2.05, 4.69) is 6.08 Å². The van der Waals surface area contributed by atoms with E-state index in [1.807, 2.05) is 53.4 Å². The summed E-state index contributed by atoms with van der Waals surface area (Å²) >= 11 is 0. The number of amides is 2. The number of nitrogens with two attached hydrogens (primary N) is 1. The summed E-state index contributed by atoms with van der Waals surface area (Å²) in [5.41, 5.74) is 11.3. The fourth-order valence-corrected chi connectivity index (χ4v) is 5.17. The Morgan fingerprint density at radius 2 is 1.88 bits per heavy atom. The number of methoxy groups -OCH3 is 1. The van der Waals surface area contributed by atoms with E-state index in [0.29, 0.717) is 13.1 Å². The third-order valence-corrected chi connectivity index (χ3v) is 6.95. The summed E-state index contributed by atoms with van der Waals surface area (Å²) in [5, 5.41) is 0.873. The molecule has 34 heavy (non-hydrogen) atoms. The van der Waals surface area contributed by atoms with E-state index in [1.54, 1.807) is 7.11 Å². The third kappa shape index (κ3) is 4.16. The molecule has 2 amide bonds. The zero-order valence-electron chi connectivity index (χ0n) is 19.4. The number of para-hydroxylation sites is 1. The molecule has 2 N–H and O–H groups in total. The summed E-state index contributed by atoms with van der Waals surface area (Å²) in [5.74, 6) is 0.182. The molecule has 1 atom stereocenters. The Morgan fingerprint density at radius 1 is 1.09 bits per heavy atom. The third-order valence-electron chi connectivity index (χ3n) is 6.95. The van der Waals surface area contributed by atoms with E-state index < -0.39 is 0 Å². The predicted octanol–water partition coefficient (Wildman–Crippen LogP) is 4.46. The number of primary amides is 1. The Morgan fingerprint density at radius 3 is 2.65 bits per heavy atom. The number of ether oxygens (including phenoxy) is 1. The quantitative estimate of drug-likeness (QED) is 0.630. The first-order chi connectivity index (χ1) is 16.5. The monoisotopic (exact) mass is 455 g/mol. The average Bonchev–Trinajstić information content (AvgIpc) is 2.87. The van der Waals surface area contributed by atoms with Crippen molar-refractivity contribution in [3.05, 3.63) is 70.9 Å². The van der Waals surface area contributed by atoms with Crippen LogP contribution >= 0.6 is 0 Å². The molecular formula is C28H29N3O3. The van der Waals surface area contributed by atoms with Crippen LogP contribution in [-0.4, -0.2) is 41.9 Å². The second kappa shape index (κ2) is 9.29. The van der Waals surface area contributed by atoms with Gasteiger partial charge >= 0.3 is 0 Å². The molecule has 1 aliphatic carbocycles. The van der Waals surface area contributed by atoms with Crippen LogP contribution in [0.5, 0.6) is 5.75 Å². The molecule has 0 saturated carbocycles. The van der Waals surface area contributed by atoms with Gasteiger partial charge in [-0.05, 0) is 73.1 Å². The molecule has 1 aliphatic heterocycles. The molecule has 1 fully saturated rings. The summed E-state index contributed by atoms with van der Waals surface area (Å²) in [6, 6.07) is 15.8. The van der Waals surface area contributed by atoms with Crippen LogP contribution in [0.1, 0.15) is 52.9 Å². The fourth-order valence-electron chi connectivity index (χ4n) is 5.17. The number of rotatable bonds is 4. The minimum Gasteiger partial charge on any atom is -0.497 e. The van der Waals surface area contributed by atoms with E-state index >= 15 is 0 Å². The fraction of sp³-hybridized carbons (Fsp3) is 0.321. The highest BCUT2D eigenvalue weighted by Gasteiger charge is 2.31. The maximum atomic E-state index is 13.9. The second-order valence-electron chi connectivity index (χ2n) is 9.12. The first kappa shape index (κ1) is 22.1. The Kier molecular flexibility index (Phi) is 6.05. The molecule has 1 unspecified atom stereocenters. The van der Waals surface area contributed by atoms with Crippen molar-refractivity contribution in [1.29, 1.82) is 0 Å². The minimum atomic E-state index is -0.330. The molecule has 6 nitrogen and oxygen atoms in total. The number of allylic oxidation sites excluding steroid dienone is 1. The van der Waals surface area contributed by atoms with Gasteiger partial charge in [-0.1, -0.05) is 30.3 Å². The lowest BCUT2D eigenvalue weighted by atomic mass is 9.85. The number of hydrogen-bond donors (Lipinski definition) is 1. The zero-order valence-corrected chi connectivity index (χ0v) is 19.4. The van der Waals surface area contributed by atoms with Crippen molar-refractivity contribution in [1.82, 2.24) is 9.88 Å². The Hall–Kier alpha value is -3.67. The first-order valence-electron chi connectivity index (χ1n) is 11.9. The molecule has 0 radical (unpaired) electrons. The molecule has 2 aromatic carbocycles. The van der Waals surface area contributed by atoms with E-state index in [0.717, 1.165) is 76.7 Å². The number of pyridine rings is 1.